The summed E-state index contributed by atoms with van der Waals surface area (Å²) in [6.45, 7) is 3.73. The summed E-state index contributed by atoms with van der Waals surface area (Å²) < 4.78 is 24.4. The zero-order valence-corrected chi connectivity index (χ0v) is 14.6. The van der Waals surface area contributed by atoms with Gasteiger partial charge in [-0.3, -0.25) is 4.90 Å². The van der Waals surface area contributed by atoms with Crippen LogP contribution in [0.15, 0.2) is 36.5 Å². The van der Waals surface area contributed by atoms with Crippen LogP contribution in [0.3, 0.4) is 0 Å². The summed E-state index contributed by atoms with van der Waals surface area (Å²) >= 11 is 0. The van der Waals surface area contributed by atoms with E-state index in [2.05, 4.69) is 22.1 Å². The van der Waals surface area contributed by atoms with Gasteiger partial charge in [0.15, 0.2) is 0 Å². The molecule has 0 saturated carbocycles. The maximum absolute atomic E-state index is 11.3. The number of rotatable bonds is 5. The number of hydrogen-bond donors (Lipinski definition) is 1. The van der Waals surface area contributed by atoms with Crippen molar-refractivity contribution in [3.8, 4) is 5.69 Å². The van der Waals surface area contributed by atoms with Crippen LogP contribution >= 0.6 is 0 Å². The highest BCUT2D eigenvalue weighted by Crippen LogP contribution is 2.26. The predicted molar refractivity (Wildman–Crippen MR) is 92.0 cm³/mol. The zero-order valence-electron chi connectivity index (χ0n) is 13.7. The molecule has 1 saturated heterocycles. The first-order valence-electron chi connectivity index (χ1n) is 8.14. The molecular formula is C16H23N5O2S. The van der Waals surface area contributed by atoms with Crippen LogP contribution in [0.5, 0.6) is 0 Å². The molecule has 2 N–H and O–H groups in total. The summed E-state index contributed by atoms with van der Waals surface area (Å²) in [5.74, 6) is 0.132. The van der Waals surface area contributed by atoms with Crippen molar-refractivity contribution in [2.24, 2.45) is 11.1 Å². The van der Waals surface area contributed by atoms with Crippen LogP contribution in [-0.4, -0.2) is 47.2 Å². The SMILES string of the molecule is CC(c1cn(-c2ccccc2)nn1)N1CCCC(CS(N)(=O)=O)C1. The van der Waals surface area contributed by atoms with E-state index in [1.807, 2.05) is 36.5 Å². The Bertz CT molecular complexity index is 775. The summed E-state index contributed by atoms with van der Waals surface area (Å²) in [4.78, 5) is 2.26. The lowest BCUT2D eigenvalue weighted by Crippen LogP contribution is -2.40. The number of para-hydroxylation sites is 1. The molecule has 2 unspecified atom stereocenters. The lowest BCUT2D eigenvalue weighted by Gasteiger charge is -2.35. The number of nitrogens with two attached hydrogens (primary N) is 1. The van der Waals surface area contributed by atoms with E-state index in [4.69, 9.17) is 5.14 Å². The van der Waals surface area contributed by atoms with Crippen molar-refractivity contribution in [2.45, 2.75) is 25.8 Å². The van der Waals surface area contributed by atoms with Crippen LogP contribution in [0.4, 0.5) is 0 Å². The first-order valence-corrected chi connectivity index (χ1v) is 9.86. The van der Waals surface area contributed by atoms with Crippen molar-refractivity contribution < 1.29 is 8.42 Å². The van der Waals surface area contributed by atoms with Crippen molar-refractivity contribution in [2.75, 3.05) is 18.8 Å². The largest absolute Gasteiger partial charge is 0.295 e. The maximum atomic E-state index is 11.3. The lowest BCUT2D eigenvalue weighted by atomic mass is 9.98. The van der Waals surface area contributed by atoms with Gasteiger partial charge in [-0.1, -0.05) is 23.4 Å². The molecule has 1 aromatic heterocycles. The van der Waals surface area contributed by atoms with Gasteiger partial charge < -0.3 is 0 Å². The monoisotopic (exact) mass is 349 g/mol. The standard InChI is InChI=1S/C16H23N5O2S/c1-13(20-9-5-6-14(10-20)12-24(17,22)23)16-11-21(19-18-16)15-7-3-2-4-8-15/h2-4,7-8,11,13-14H,5-6,9-10,12H2,1H3,(H2,17,22,23). The Morgan fingerprint density at radius 2 is 2.08 bits per heavy atom. The molecule has 7 nitrogen and oxygen atoms in total. The minimum atomic E-state index is -3.43. The minimum absolute atomic E-state index is 0.0485. The molecule has 0 spiro atoms. The van der Waals surface area contributed by atoms with Crippen molar-refractivity contribution in [3.05, 3.63) is 42.2 Å². The van der Waals surface area contributed by atoms with E-state index in [0.29, 0.717) is 0 Å². The zero-order chi connectivity index (χ0) is 17.2. The molecule has 1 fully saturated rings. The van der Waals surface area contributed by atoms with Crippen LogP contribution in [0, 0.1) is 5.92 Å². The lowest BCUT2D eigenvalue weighted by molar-refractivity contribution is 0.137. The summed E-state index contributed by atoms with van der Waals surface area (Å²) in [6.07, 6.45) is 3.80. The smallest absolute Gasteiger partial charge is 0.209 e. The number of nitrogens with zero attached hydrogens (tertiary/aromatic N) is 4. The average molecular weight is 349 g/mol. The van der Waals surface area contributed by atoms with Gasteiger partial charge in [0.25, 0.3) is 0 Å². The van der Waals surface area contributed by atoms with E-state index in [9.17, 15) is 8.42 Å². The molecule has 2 aromatic rings. The maximum Gasteiger partial charge on any atom is 0.209 e. The number of aromatic nitrogens is 3. The Balaban J connectivity index is 1.70. The van der Waals surface area contributed by atoms with Gasteiger partial charge in [0.05, 0.1) is 29.4 Å². The number of piperidine rings is 1. The van der Waals surface area contributed by atoms with Gasteiger partial charge in [-0.25, -0.2) is 18.2 Å². The Kier molecular flexibility index (Phi) is 4.98. The van der Waals surface area contributed by atoms with Crippen molar-refractivity contribution in [1.29, 1.82) is 0 Å². The van der Waals surface area contributed by atoms with Crippen molar-refractivity contribution in [1.82, 2.24) is 19.9 Å². The molecule has 0 amide bonds. The molecule has 1 aromatic carbocycles. The number of primary sulfonamides is 1. The predicted octanol–water partition coefficient (Wildman–Crippen LogP) is 1.33. The summed E-state index contributed by atoms with van der Waals surface area (Å²) in [5.41, 5.74) is 1.85. The van der Waals surface area contributed by atoms with Crippen LogP contribution in [0.1, 0.15) is 31.5 Å². The van der Waals surface area contributed by atoms with Gasteiger partial charge in [-0.2, -0.15) is 0 Å². The summed E-state index contributed by atoms with van der Waals surface area (Å²) in [5, 5.41) is 13.7. The highest BCUT2D eigenvalue weighted by Gasteiger charge is 2.28. The van der Waals surface area contributed by atoms with Crippen LogP contribution in [0.25, 0.3) is 5.69 Å². The van der Waals surface area contributed by atoms with Crippen LogP contribution in [-0.2, 0) is 10.0 Å². The topological polar surface area (TPSA) is 94.1 Å². The average Bonchev–Trinajstić information content (AvgIpc) is 3.03. The second-order valence-electron chi connectivity index (χ2n) is 6.43. The van der Waals surface area contributed by atoms with Gasteiger partial charge in [0, 0.05) is 6.54 Å². The molecule has 8 heteroatoms. The molecule has 0 bridgehead atoms. The molecule has 130 valence electrons. The second-order valence-corrected chi connectivity index (χ2v) is 8.09. The second kappa shape index (κ2) is 7.00. The fourth-order valence-electron chi connectivity index (χ4n) is 3.28. The fraction of sp³-hybridized carbons (Fsp3) is 0.500. The van der Waals surface area contributed by atoms with E-state index in [1.54, 1.807) is 4.68 Å². The summed E-state index contributed by atoms with van der Waals surface area (Å²) in [7, 11) is -3.43. The van der Waals surface area contributed by atoms with Crippen molar-refractivity contribution >= 4 is 10.0 Å². The first kappa shape index (κ1) is 17.1. The van der Waals surface area contributed by atoms with Crippen LogP contribution in [0.2, 0.25) is 0 Å². The van der Waals surface area contributed by atoms with Gasteiger partial charge in [-0.15, -0.1) is 5.10 Å². The number of hydrogen-bond acceptors (Lipinski definition) is 5. The Morgan fingerprint density at radius 3 is 2.79 bits per heavy atom. The fourth-order valence-corrected chi connectivity index (χ4v) is 4.20. The number of likely N-dealkylation sites (tertiary alicyclic amines) is 1. The van der Waals surface area contributed by atoms with Crippen molar-refractivity contribution in [3.63, 3.8) is 0 Å². The Morgan fingerprint density at radius 1 is 1.33 bits per heavy atom. The highest BCUT2D eigenvalue weighted by atomic mass is 32.2. The molecule has 2 atom stereocenters. The number of benzene rings is 1. The first-order chi connectivity index (χ1) is 11.4. The normalized spacial score (nSPS) is 20.8. The van der Waals surface area contributed by atoms with Gasteiger partial charge in [0.1, 0.15) is 0 Å². The van der Waals surface area contributed by atoms with Crippen LogP contribution < -0.4 is 5.14 Å². The van der Waals surface area contributed by atoms with E-state index >= 15 is 0 Å². The third kappa shape index (κ3) is 4.19. The molecule has 1 aliphatic rings. The van der Waals surface area contributed by atoms with E-state index in [0.717, 1.165) is 37.3 Å². The van der Waals surface area contributed by atoms with Gasteiger partial charge >= 0.3 is 0 Å². The highest BCUT2D eigenvalue weighted by molar-refractivity contribution is 7.89. The van der Waals surface area contributed by atoms with Gasteiger partial charge in [-0.05, 0) is 44.4 Å². The minimum Gasteiger partial charge on any atom is -0.295 e. The molecule has 1 aliphatic heterocycles. The molecule has 0 aliphatic carbocycles. The molecular weight excluding hydrogens is 326 g/mol. The molecule has 24 heavy (non-hydrogen) atoms. The Hall–Kier alpha value is -1.77. The summed E-state index contributed by atoms with van der Waals surface area (Å²) in [6, 6.07) is 9.93. The molecule has 2 heterocycles. The number of sulfonamides is 1. The quantitative estimate of drug-likeness (QED) is 0.879. The molecule has 3 rings (SSSR count). The Labute approximate surface area is 142 Å². The molecule has 0 radical (unpaired) electrons. The van der Waals surface area contributed by atoms with E-state index < -0.39 is 10.0 Å². The van der Waals surface area contributed by atoms with E-state index in [-0.39, 0.29) is 17.7 Å². The van der Waals surface area contributed by atoms with Gasteiger partial charge in [0.2, 0.25) is 10.0 Å². The third-order valence-corrected chi connectivity index (χ3v) is 5.46. The van der Waals surface area contributed by atoms with E-state index in [1.165, 1.54) is 0 Å². The third-order valence-electron chi connectivity index (χ3n) is 4.53.